The number of halogens is 1. The van der Waals surface area contributed by atoms with Gasteiger partial charge in [-0.3, -0.25) is 9.59 Å². The first-order chi connectivity index (χ1) is 14.0. The lowest BCUT2D eigenvalue weighted by Gasteiger charge is -2.11. The number of nitrogens with one attached hydrogen (secondary N) is 2. The third-order valence-corrected chi connectivity index (χ3v) is 5.34. The minimum absolute atomic E-state index is 0.189. The van der Waals surface area contributed by atoms with Gasteiger partial charge in [0.2, 0.25) is 0 Å². The highest BCUT2D eigenvalue weighted by Gasteiger charge is 2.19. The molecule has 0 fully saturated rings. The Balaban J connectivity index is 1.68. The van der Waals surface area contributed by atoms with Gasteiger partial charge in [-0.05, 0) is 42.3 Å². The number of thiophene rings is 1. The predicted molar refractivity (Wildman–Crippen MR) is 110 cm³/mol. The first-order valence-corrected chi connectivity index (χ1v) is 9.69. The predicted octanol–water partition coefficient (Wildman–Crippen LogP) is 4.31. The zero-order chi connectivity index (χ0) is 20.8. The van der Waals surface area contributed by atoms with Crippen molar-refractivity contribution in [3.05, 3.63) is 88.0 Å². The smallest absolute Gasteiger partial charge is 0.262 e. The lowest BCUT2D eigenvalue weighted by Crippen LogP contribution is -2.35. The molecule has 1 atom stereocenters. The van der Waals surface area contributed by atoms with E-state index < -0.39 is 17.8 Å². The van der Waals surface area contributed by atoms with Gasteiger partial charge < -0.3 is 10.6 Å². The quantitative estimate of drug-likeness (QED) is 0.639. The second kappa shape index (κ2) is 9.13. The highest BCUT2D eigenvalue weighted by molar-refractivity contribution is 7.18. The highest BCUT2D eigenvalue weighted by Crippen LogP contribution is 2.27. The number of nitriles is 1. The van der Waals surface area contributed by atoms with E-state index in [1.54, 1.807) is 13.0 Å². The van der Waals surface area contributed by atoms with Crippen LogP contribution in [0.5, 0.6) is 0 Å². The number of aryl methyl sites for hydroxylation is 1. The van der Waals surface area contributed by atoms with E-state index in [1.807, 2.05) is 30.3 Å². The standard InChI is InChI=1S/C22H18FN3O2S/c1-14-10-19(26-21(27)16-8-5-9-17(23)12-16)29-20(14)22(28)25-18(13-24)11-15-6-3-2-4-7-15/h2-10,12,18H,11H2,1H3,(H,25,28)(H,26,27). The molecule has 1 heterocycles. The molecule has 2 amide bonds. The molecule has 3 aromatic rings. The van der Waals surface area contributed by atoms with Crippen LogP contribution in [0.1, 0.15) is 31.2 Å². The molecule has 29 heavy (non-hydrogen) atoms. The first kappa shape index (κ1) is 20.2. The van der Waals surface area contributed by atoms with Crippen LogP contribution in [0.15, 0.2) is 60.7 Å². The summed E-state index contributed by atoms with van der Waals surface area (Å²) in [5.41, 5.74) is 1.82. The fourth-order valence-corrected chi connectivity index (χ4v) is 3.76. The molecule has 0 saturated heterocycles. The summed E-state index contributed by atoms with van der Waals surface area (Å²) in [6, 6.07) is 17.9. The van der Waals surface area contributed by atoms with Gasteiger partial charge in [-0.15, -0.1) is 11.3 Å². The van der Waals surface area contributed by atoms with Crippen LogP contribution in [0.3, 0.4) is 0 Å². The summed E-state index contributed by atoms with van der Waals surface area (Å²) in [4.78, 5) is 25.3. The van der Waals surface area contributed by atoms with E-state index in [9.17, 15) is 19.2 Å². The molecule has 146 valence electrons. The van der Waals surface area contributed by atoms with Crippen LogP contribution in [-0.2, 0) is 6.42 Å². The molecule has 0 aliphatic heterocycles. The number of carbonyl (C=O) groups is 2. The Morgan fingerprint density at radius 2 is 1.86 bits per heavy atom. The van der Waals surface area contributed by atoms with Crippen molar-refractivity contribution in [1.82, 2.24) is 5.32 Å². The van der Waals surface area contributed by atoms with Gasteiger partial charge >= 0.3 is 0 Å². The van der Waals surface area contributed by atoms with Crippen LogP contribution < -0.4 is 10.6 Å². The molecule has 0 saturated carbocycles. The molecule has 0 aliphatic carbocycles. The maximum atomic E-state index is 13.3. The molecule has 0 radical (unpaired) electrons. The molecule has 1 unspecified atom stereocenters. The van der Waals surface area contributed by atoms with E-state index in [0.29, 0.717) is 21.9 Å². The van der Waals surface area contributed by atoms with Gasteiger partial charge in [0.05, 0.1) is 15.9 Å². The van der Waals surface area contributed by atoms with Crippen LogP contribution in [0.2, 0.25) is 0 Å². The maximum Gasteiger partial charge on any atom is 0.262 e. The Morgan fingerprint density at radius 3 is 2.55 bits per heavy atom. The molecule has 0 spiro atoms. The average molecular weight is 407 g/mol. The van der Waals surface area contributed by atoms with E-state index in [2.05, 4.69) is 16.7 Å². The topological polar surface area (TPSA) is 82.0 Å². The minimum Gasteiger partial charge on any atom is -0.335 e. The maximum absolute atomic E-state index is 13.3. The minimum atomic E-state index is -0.670. The third-order valence-electron chi connectivity index (χ3n) is 4.19. The number of rotatable bonds is 6. The van der Waals surface area contributed by atoms with E-state index in [4.69, 9.17) is 0 Å². The van der Waals surface area contributed by atoms with Crippen molar-refractivity contribution in [2.24, 2.45) is 0 Å². The van der Waals surface area contributed by atoms with Gasteiger partial charge in [0.25, 0.3) is 11.8 Å². The van der Waals surface area contributed by atoms with E-state index in [0.717, 1.165) is 23.0 Å². The van der Waals surface area contributed by atoms with Gasteiger partial charge in [0.1, 0.15) is 11.9 Å². The molecular formula is C22H18FN3O2S. The molecule has 2 N–H and O–H groups in total. The van der Waals surface area contributed by atoms with E-state index >= 15 is 0 Å². The molecule has 0 aliphatic rings. The highest BCUT2D eigenvalue weighted by atomic mass is 32.1. The Bertz CT molecular complexity index is 1070. The van der Waals surface area contributed by atoms with E-state index in [1.165, 1.54) is 18.2 Å². The van der Waals surface area contributed by atoms with Crippen molar-refractivity contribution >= 4 is 28.2 Å². The van der Waals surface area contributed by atoms with Gasteiger partial charge in [0.15, 0.2) is 0 Å². The Morgan fingerprint density at radius 1 is 1.10 bits per heavy atom. The number of hydrogen-bond donors (Lipinski definition) is 2. The number of benzene rings is 2. The number of nitrogens with zero attached hydrogens (tertiary/aromatic N) is 1. The number of carbonyl (C=O) groups excluding carboxylic acids is 2. The second-order valence-corrected chi connectivity index (χ2v) is 7.48. The molecule has 1 aromatic heterocycles. The first-order valence-electron chi connectivity index (χ1n) is 8.88. The fourth-order valence-electron chi connectivity index (χ4n) is 2.79. The van der Waals surface area contributed by atoms with Crippen molar-refractivity contribution in [3.8, 4) is 6.07 Å². The molecule has 5 nitrogen and oxygen atoms in total. The Labute approximate surface area is 171 Å². The molecule has 7 heteroatoms. The zero-order valence-corrected chi connectivity index (χ0v) is 16.4. The molecular weight excluding hydrogens is 389 g/mol. The lowest BCUT2D eigenvalue weighted by atomic mass is 10.1. The fraction of sp³-hybridized carbons (Fsp3) is 0.136. The molecule has 0 bridgehead atoms. The van der Waals surface area contributed by atoms with E-state index in [-0.39, 0.29) is 11.5 Å². The van der Waals surface area contributed by atoms with Crippen molar-refractivity contribution in [2.75, 3.05) is 5.32 Å². The number of anilines is 1. The van der Waals surface area contributed by atoms with Gasteiger partial charge in [-0.2, -0.15) is 5.26 Å². The molecule has 3 rings (SSSR count). The summed E-state index contributed by atoms with van der Waals surface area (Å²) >= 11 is 1.11. The SMILES string of the molecule is Cc1cc(NC(=O)c2cccc(F)c2)sc1C(=O)NC(C#N)Cc1ccccc1. The zero-order valence-electron chi connectivity index (χ0n) is 15.6. The number of hydrogen-bond acceptors (Lipinski definition) is 4. The average Bonchev–Trinajstić information content (AvgIpc) is 3.08. The Hall–Kier alpha value is -3.50. The van der Waals surface area contributed by atoms with Crippen molar-refractivity contribution in [3.63, 3.8) is 0 Å². The summed E-state index contributed by atoms with van der Waals surface area (Å²) in [5.74, 6) is -1.33. The Kier molecular flexibility index (Phi) is 6.37. The van der Waals surface area contributed by atoms with Crippen LogP contribution in [0.4, 0.5) is 9.39 Å². The van der Waals surface area contributed by atoms with Gasteiger partial charge in [-0.25, -0.2) is 4.39 Å². The van der Waals surface area contributed by atoms with Crippen molar-refractivity contribution in [1.29, 1.82) is 5.26 Å². The summed E-state index contributed by atoms with van der Waals surface area (Å²) in [7, 11) is 0. The van der Waals surface area contributed by atoms with Gasteiger partial charge in [-0.1, -0.05) is 36.4 Å². The normalized spacial score (nSPS) is 11.3. The summed E-state index contributed by atoms with van der Waals surface area (Å²) < 4.78 is 13.3. The van der Waals surface area contributed by atoms with Gasteiger partial charge in [0, 0.05) is 12.0 Å². The number of amides is 2. The monoisotopic (exact) mass is 407 g/mol. The second-order valence-electron chi connectivity index (χ2n) is 6.43. The summed E-state index contributed by atoms with van der Waals surface area (Å²) in [5, 5.41) is 15.2. The van der Waals surface area contributed by atoms with Crippen molar-refractivity contribution < 1.29 is 14.0 Å². The summed E-state index contributed by atoms with van der Waals surface area (Å²) in [6.07, 6.45) is 0.399. The molecule has 2 aromatic carbocycles. The van der Waals surface area contributed by atoms with Crippen LogP contribution in [0, 0.1) is 24.1 Å². The third kappa shape index (κ3) is 5.27. The van der Waals surface area contributed by atoms with Crippen LogP contribution in [0.25, 0.3) is 0 Å². The lowest BCUT2D eigenvalue weighted by molar-refractivity contribution is 0.0948. The largest absolute Gasteiger partial charge is 0.335 e. The van der Waals surface area contributed by atoms with Crippen LogP contribution >= 0.6 is 11.3 Å². The summed E-state index contributed by atoms with van der Waals surface area (Å²) in [6.45, 7) is 1.75. The van der Waals surface area contributed by atoms with Crippen LogP contribution in [-0.4, -0.2) is 17.9 Å². The van der Waals surface area contributed by atoms with Crippen molar-refractivity contribution in [2.45, 2.75) is 19.4 Å².